The molecule has 0 bridgehead atoms. The highest BCUT2D eigenvalue weighted by molar-refractivity contribution is 7.86. The largest absolute Gasteiger partial charge is 0.395 e. The number of nitriles is 1. The van der Waals surface area contributed by atoms with Gasteiger partial charge in [0.15, 0.2) is 0 Å². The Morgan fingerprint density at radius 2 is 1.94 bits per heavy atom. The van der Waals surface area contributed by atoms with Crippen LogP contribution in [0, 0.1) is 11.3 Å². The van der Waals surface area contributed by atoms with Gasteiger partial charge in [-0.1, -0.05) is 0 Å². The summed E-state index contributed by atoms with van der Waals surface area (Å²) in [6.45, 7) is 3.01. The van der Waals surface area contributed by atoms with Crippen molar-refractivity contribution in [1.29, 1.82) is 5.26 Å². The number of β-amino-alcohol motifs (C(OH)–C–C–N with tert-alkyl or cyclic N) is 1. The monoisotopic (exact) mass is 276 g/mol. The van der Waals surface area contributed by atoms with Crippen molar-refractivity contribution in [2.45, 2.75) is 6.42 Å². The first-order valence-corrected chi connectivity index (χ1v) is 7.33. The number of aliphatic hydroxyl groups excluding tert-OH is 1. The Kier molecular flexibility index (Phi) is 5.98. The predicted molar refractivity (Wildman–Crippen MR) is 66.9 cm³/mol. The summed E-state index contributed by atoms with van der Waals surface area (Å²) in [5, 5.41) is 17.3. The standard InChI is InChI=1S/C10H20N4O3S/c1-12(4-2-3-11)18(16,17)14-7-5-13(6-8-14)9-10-15/h15H,2,4-10H2,1H3. The first kappa shape index (κ1) is 15.3. The van der Waals surface area contributed by atoms with Crippen molar-refractivity contribution in [3.05, 3.63) is 0 Å². The molecule has 1 fully saturated rings. The van der Waals surface area contributed by atoms with Crippen LogP contribution in [0.2, 0.25) is 0 Å². The van der Waals surface area contributed by atoms with Crippen LogP contribution in [-0.4, -0.2) is 80.0 Å². The van der Waals surface area contributed by atoms with Gasteiger partial charge >= 0.3 is 0 Å². The molecule has 0 amide bonds. The Hall–Kier alpha value is -0.720. The number of hydrogen-bond acceptors (Lipinski definition) is 5. The third-order valence-corrected chi connectivity index (χ3v) is 4.99. The number of nitrogens with zero attached hydrogens (tertiary/aromatic N) is 4. The van der Waals surface area contributed by atoms with Crippen LogP contribution in [0.1, 0.15) is 6.42 Å². The van der Waals surface area contributed by atoms with Gasteiger partial charge in [0.2, 0.25) is 0 Å². The average Bonchev–Trinajstić information content (AvgIpc) is 2.37. The van der Waals surface area contributed by atoms with Crippen LogP contribution in [0.25, 0.3) is 0 Å². The Bertz CT molecular complexity index is 384. The van der Waals surface area contributed by atoms with Gasteiger partial charge in [-0.05, 0) is 0 Å². The molecule has 1 saturated heterocycles. The first-order valence-electron chi connectivity index (χ1n) is 5.94. The Morgan fingerprint density at radius 1 is 1.33 bits per heavy atom. The Morgan fingerprint density at radius 3 is 2.44 bits per heavy atom. The van der Waals surface area contributed by atoms with E-state index in [1.54, 1.807) is 0 Å². The summed E-state index contributed by atoms with van der Waals surface area (Å²) in [5.41, 5.74) is 0. The van der Waals surface area contributed by atoms with E-state index in [1.165, 1.54) is 15.7 Å². The minimum absolute atomic E-state index is 0.0921. The summed E-state index contributed by atoms with van der Waals surface area (Å²) >= 11 is 0. The second kappa shape index (κ2) is 7.01. The molecule has 0 aliphatic carbocycles. The van der Waals surface area contributed by atoms with E-state index in [-0.39, 0.29) is 19.6 Å². The first-order chi connectivity index (χ1) is 8.52. The van der Waals surface area contributed by atoms with Crippen molar-refractivity contribution < 1.29 is 13.5 Å². The summed E-state index contributed by atoms with van der Waals surface area (Å²) in [7, 11) is -1.95. The molecule has 18 heavy (non-hydrogen) atoms. The molecule has 0 atom stereocenters. The zero-order valence-corrected chi connectivity index (χ0v) is 11.4. The molecule has 0 aromatic rings. The van der Waals surface area contributed by atoms with E-state index in [0.717, 1.165) is 0 Å². The molecule has 7 nitrogen and oxygen atoms in total. The van der Waals surface area contributed by atoms with Crippen molar-refractivity contribution >= 4 is 10.2 Å². The summed E-state index contributed by atoms with van der Waals surface area (Å²) in [4.78, 5) is 2.03. The van der Waals surface area contributed by atoms with Gasteiger partial charge in [-0.2, -0.15) is 22.3 Å². The molecule has 8 heteroatoms. The maximum absolute atomic E-state index is 12.1. The lowest BCUT2D eigenvalue weighted by Crippen LogP contribution is -2.52. The minimum Gasteiger partial charge on any atom is -0.395 e. The van der Waals surface area contributed by atoms with E-state index in [2.05, 4.69) is 0 Å². The second-order valence-electron chi connectivity index (χ2n) is 4.20. The summed E-state index contributed by atoms with van der Waals surface area (Å²) in [5.74, 6) is 0. The summed E-state index contributed by atoms with van der Waals surface area (Å²) in [6.07, 6.45) is 0.195. The van der Waals surface area contributed by atoms with Gasteiger partial charge in [0, 0.05) is 52.7 Å². The molecular formula is C10H20N4O3S. The molecule has 0 aromatic carbocycles. The molecule has 0 spiro atoms. The lowest BCUT2D eigenvalue weighted by atomic mass is 10.4. The van der Waals surface area contributed by atoms with Gasteiger partial charge in [0.25, 0.3) is 10.2 Å². The molecule has 1 aliphatic heterocycles. The van der Waals surface area contributed by atoms with Crippen LogP contribution in [0.15, 0.2) is 0 Å². The van der Waals surface area contributed by atoms with Gasteiger partial charge in [0.1, 0.15) is 0 Å². The normalized spacial score (nSPS) is 19.0. The van der Waals surface area contributed by atoms with Crippen molar-refractivity contribution in [2.24, 2.45) is 0 Å². The number of piperazine rings is 1. The smallest absolute Gasteiger partial charge is 0.281 e. The minimum atomic E-state index is -3.45. The fraction of sp³-hybridized carbons (Fsp3) is 0.900. The number of aliphatic hydroxyl groups is 1. The summed E-state index contributed by atoms with van der Waals surface area (Å²) in [6, 6.07) is 1.94. The Balaban J connectivity index is 2.52. The molecule has 1 N–H and O–H groups in total. The second-order valence-corrected chi connectivity index (χ2v) is 6.24. The third-order valence-electron chi connectivity index (χ3n) is 3.01. The molecule has 0 aromatic heterocycles. The molecule has 0 saturated carbocycles. The van der Waals surface area contributed by atoms with Crippen molar-refractivity contribution in [2.75, 3.05) is 52.9 Å². The zero-order valence-electron chi connectivity index (χ0n) is 10.6. The molecule has 1 aliphatic rings. The fourth-order valence-corrected chi connectivity index (χ4v) is 3.19. The van der Waals surface area contributed by atoms with E-state index in [0.29, 0.717) is 32.7 Å². The highest BCUT2D eigenvalue weighted by Gasteiger charge is 2.29. The van der Waals surface area contributed by atoms with Crippen LogP contribution in [0.5, 0.6) is 0 Å². The van der Waals surface area contributed by atoms with E-state index >= 15 is 0 Å². The van der Waals surface area contributed by atoms with Gasteiger partial charge in [-0.25, -0.2) is 0 Å². The van der Waals surface area contributed by atoms with Crippen molar-refractivity contribution in [3.8, 4) is 6.07 Å². The third kappa shape index (κ3) is 3.90. The Labute approximate surface area is 108 Å². The van der Waals surface area contributed by atoms with Crippen LogP contribution in [-0.2, 0) is 10.2 Å². The predicted octanol–water partition coefficient (Wildman–Crippen LogP) is -1.31. The highest BCUT2D eigenvalue weighted by Crippen LogP contribution is 2.10. The van der Waals surface area contributed by atoms with E-state index < -0.39 is 10.2 Å². The van der Waals surface area contributed by atoms with Gasteiger partial charge in [-0.15, -0.1) is 0 Å². The molecular weight excluding hydrogens is 256 g/mol. The maximum atomic E-state index is 12.1. The number of rotatable bonds is 6. The van der Waals surface area contributed by atoms with Crippen LogP contribution < -0.4 is 0 Å². The SMILES string of the molecule is CN(CCC#N)S(=O)(=O)N1CCN(CCO)CC1. The molecule has 0 unspecified atom stereocenters. The molecule has 104 valence electrons. The lowest BCUT2D eigenvalue weighted by molar-refractivity contribution is 0.148. The molecule has 0 radical (unpaired) electrons. The quantitative estimate of drug-likeness (QED) is 0.650. The summed E-state index contributed by atoms with van der Waals surface area (Å²) < 4.78 is 26.9. The lowest BCUT2D eigenvalue weighted by Gasteiger charge is -2.35. The fourth-order valence-electron chi connectivity index (χ4n) is 1.85. The van der Waals surface area contributed by atoms with Crippen molar-refractivity contribution in [3.63, 3.8) is 0 Å². The molecule has 1 heterocycles. The van der Waals surface area contributed by atoms with Crippen LogP contribution in [0.4, 0.5) is 0 Å². The molecule has 1 rings (SSSR count). The highest BCUT2D eigenvalue weighted by atomic mass is 32.2. The number of hydrogen-bond donors (Lipinski definition) is 1. The van der Waals surface area contributed by atoms with Gasteiger partial charge in [0.05, 0.1) is 12.7 Å². The topological polar surface area (TPSA) is 87.9 Å². The maximum Gasteiger partial charge on any atom is 0.281 e. The van der Waals surface area contributed by atoms with Crippen LogP contribution >= 0.6 is 0 Å². The average molecular weight is 276 g/mol. The van der Waals surface area contributed by atoms with Crippen molar-refractivity contribution in [1.82, 2.24) is 13.5 Å². The van der Waals surface area contributed by atoms with E-state index in [4.69, 9.17) is 10.4 Å². The zero-order chi connectivity index (χ0) is 13.6. The van der Waals surface area contributed by atoms with Gasteiger partial charge in [-0.3, -0.25) is 4.90 Å². The van der Waals surface area contributed by atoms with Gasteiger partial charge < -0.3 is 5.11 Å². The van der Waals surface area contributed by atoms with Crippen LogP contribution in [0.3, 0.4) is 0 Å². The van der Waals surface area contributed by atoms with E-state index in [1.807, 2.05) is 11.0 Å². The van der Waals surface area contributed by atoms with E-state index in [9.17, 15) is 8.42 Å².